The van der Waals surface area contributed by atoms with Crippen LogP contribution in [0.5, 0.6) is 0 Å². The van der Waals surface area contributed by atoms with Crippen LogP contribution in [-0.2, 0) is 14.8 Å². The number of amides is 1. The Kier molecular flexibility index (Phi) is 6.37. The van der Waals surface area contributed by atoms with Gasteiger partial charge in [0.1, 0.15) is 0 Å². The summed E-state index contributed by atoms with van der Waals surface area (Å²) in [5.41, 5.74) is 0.445. The highest BCUT2D eigenvalue weighted by Gasteiger charge is 2.20. The number of carbonyl (C=O) groups is 1. The van der Waals surface area contributed by atoms with Gasteiger partial charge in [0.15, 0.2) is 0 Å². The zero-order valence-electron chi connectivity index (χ0n) is 14.4. The lowest BCUT2D eigenvalue weighted by Crippen LogP contribution is -2.36. The molecule has 24 heavy (non-hydrogen) atoms. The maximum atomic E-state index is 12.3. The predicted molar refractivity (Wildman–Crippen MR) is 92.4 cm³/mol. The summed E-state index contributed by atoms with van der Waals surface area (Å²) in [6.07, 6.45) is 1.78. The summed E-state index contributed by atoms with van der Waals surface area (Å²) in [6, 6.07) is 6.01. The topological polar surface area (TPSA) is 84.5 Å². The SMILES string of the molecule is CC(C)C(C)NC(=O)c1ccc(S(=O)(=O)NCC2CCCO2)cc1. The second-order valence-electron chi connectivity index (χ2n) is 6.52. The van der Waals surface area contributed by atoms with Crippen molar-refractivity contribution in [3.63, 3.8) is 0 Å². The number of sulfonamides is 1. The number of hydrogen-bond donors (Lipinski definition) is 2. The van der Waals surface area contributed by atoms with E-state index in [1.165, 1.54) is 24.3 Å². The normalized spacial score (nSPS) is 19.4. The molecule has 0 aromatic heterocycles. The highest BCUT2D eigenvalue weighted by Crippen LogP contribution is 2.14. The Hall–Kier alpha value is -1.44. The molecule has 0 radical (unpaired) electrons. The van der Waals surface area contributed by atoms with E-state index in [-0.39, 0.29) is 29.5 Å². The molecule has 1 aromatic rings. The monoisotopic (exact) mass is 354 g/mol. The van der Waals surface area contributed by atoms with E-state index in [0.717, 1.165) is 12.8 Å². The molecule has 1 heterocycles. The Labute approximate surface area is 144 Å². The van der Waals surface area contributed by atoms with Gasteiger partial charge in [0.25, 0.3) is 5.91 Å². The maximum absolute atomic E-state index is 12.3. The molecule has 0 bridgehead atoms. The summed E-state index contributed by atoms with van der Waals surface area (Å²) < 4.78 is 32.5. The second kappa shape index (κ2) is 8.09. The third kappa shape index (κ3) is 5.03. The summed E-state index contributed by atoms with van der Waals surface area (Å²) in [4.78, 5) is 12.3. The van der Waals surface area contributed by atoms with Crippen molar-refractivity contribution in [1.82, 2.24) is 10.0 Å². The van der Waals surface area contributed by atoms with Gasteiger partial charge < -0.3 is 10.1 Å². The van der Waals surface area contributed by atoms with E-state index in [0.29, 0.717) is 18.1 Å². The van der Waals surface area contributed by atoms with Crippen LogP contribution in [0.1, 0.15) is 44.0 Å². The van der Waals surface area contributed by atoms with Gasteiger partial charge >= 0.3 is 0 Å². The minimum absolute atomic E-state index is 0.0500. The molecule has 134 valence electrons. The third-order valence-electron chi connectivity index (χ3n) is 4.31. The van der Waals surface area contributed by atoms with Crippen molar-refractivity contribution < 1.29 is 17.9 Å². The minimum atomic E-state index is -3.59. The van der Waals surface area contributed by atoms with Gasteiger partial charge in [-0.2, -0.15) is 0 Å². The molecule has 2 atom stereocenters. The van der Waals surface area contributed by atoms with Gasteiger partial charge in [0.2, 0.25) is 10.0 Å². The fraction of sp³-hybridized carbons (Fsp3) is 0.588. The van der Waals surface area contributed by atoms with Crippen LogP contribution in [-0.4, -0.2) is 39.6 Å². The molecule has 0 saturated carbocycles. The van der Waals surface area contributed by atoms with Gasteiger partial charge in [-0.05, 0) is 49.9 Å². The fourth-order valence-corrected chi connectivity index (χ4v) is 3.40. The van der Waals surface area contributed by atoms with Crippen molar-refractivity contribution in [2.75, 3.05) is 13.2 Å². The van der Waals surface area contributed by atoms with Crippen LogP contribution in [0.25, 0.3) is 0 Å². The lowest BCUT2D eigenvalue weighted by molar-refractivity contribution is 0.0930. The fourth-order valence-electron chi connectivity index (χ4n) is 2.33. The second-order valence-corrected chi connectivity index (χ2v) is 8.28. The quantitative estimate of drug-likeness (QED) is 0.783. The molecule has 1 aliphatic rings. The summed E-state index contributed by atoms with van der Waals surface area (Å²) in [6.45, 7) is 6.96. The first-order valence-electron chi connectivity index (χ1n) is 8.32. The van der Waals surface area contributed by atoms with Crippen molar-refractivity contribution in [2.24, 2.45) is 5.92 Å². The minimum Gasteiger partial charge on any atom is -0.377 e. The molecule has 7 heteroatoms. The first-order chi connectivity index (χ1) is 11.3. The number of hydrogen-bond acceptors (Lipinski definition) is 4. The molecule has 0 spiro atoms. The average molecular weight is 354 g/mol. The van der Waals surface area contributed by atoms with Crippen molar-refractivity contribution >= 4 is 15.9 Å². The molecular weight excluding hydrogens is 328 g/mol. The van der Waals surface area contributed by atoms with Crippen LogP contribution in [0, 0.1) is 5.92 Å². The third-order valence-corrected chi connectivity index (χ3v) is 5.75. The summed E-state index contributed by atoms with van der Waals surface area (Å²) in [5, 5.41) is 2.90. The number of nitrogens with one attached hydrogen (secondary N) is 2. The van der Waals surface area contributed by atoms with E-state index < -0.39 is 10.0 Å². The number of rotatable bonds is 7. The highest BCUT2D eigenvalue weighted by atomic mass is 32.2. The van der Waals surface area contributed by atoms with Crippen molar-refractivity contribution in [3.05, 3.63) is 29.8 Å². The van der Waals surface area contributed by atoms with E-state index in [1.54, 1.807) is 0 Å². The lowest BCUT2D eigenvalue weighted by atomic mass is 10.1. The molecule has 2 unspecified atom stereocenters. The molecule has 1 amide bonds. The Balaban J connectivity index is 1.98. The zero-order chi connectivity index (χ0) is 17.7. The van der Waals surface area contributed by atoms with Gasteiger partial charge in [0.05, 0.1) is 11.0 Å². The van der Waals surface area contributed by atoms with E-state index in [4.69, 9.17) is 4.74 Å². The molecular formula is C17H26N2O4S. The van der Waals surface area contributed by atoms with E-state index >= 15 is 0 Å². The standard InChI is InChI=1S/C17H26N2O4S/c1-12(2)13(3)19-17(20)14-6-8-16(9-7-14)24(21,22)18-11-15-5-4-10-23-15/h6-9,12-13,15,18H,4-5,10-11H2,1-3H3,(H,19,20). The average Bonchev–Trinajstić information content (AvgIpc) is 3.06. The van der Waals surface area contributed by atoms with Crippen LogP contribution in [0.3, 0.4) is 0 Å². The number of ether oxygens (including phenoxy) is 1. The smallest absolute Gasteiger partial charge is 0.251 e. The van der Waals surface area contributed by atoms with Crippen LogP contribution >= 0.6 is 0 Å². The van der Waals surface area contributed by atoms with Crippen molar-refractivity contribution in [1.29, 1.82) is 0 Å². The van der Waals surface area contributed by atoms with Crippen LogP contribution < -0.4 is 10.0 Å². The lowest BCUT2D eigenvalue weighted by Gasteiger charge is -2.17. The molecule has 1 saturated heterocycles. The van der Waals surface area contributed by atoms with Crippen LogP contribution in [0.15, 0.2) is 29.2 Å². The largest absolute Gasteiger partial charge is 0.377 e. The summed E-state index contributed by atoms with van der Waals surface area (Å²) in [7, 11) is -3.59. The highest BCUT2D eigenvalue weighted by molar-refractivity contribution is 7.89. The number of benzene rings is 1. The van der Waals surface area contributed by atoms with Gasteiger partial charge in [-0.3, -0.25) is 4.79 Å². The molecule has 0 aliphatic carbocycles. The summed E-state index contributed by atoms with van der Waals surface area (Å²) in [5.74, 6) is 0.128. The Morgan fingerprint density at radius 3 is 2.46 bits per heavy atom. The van der Waals surface area contributed by atoms with Gasteiger partial charge in [-0.1, -0.05) is 13.8 Å². The number of carbonyl (C=O) groups excluding carboxylic acids is 1. The first-order valence-corrected chi connectivity index (χ1v) is 9.80. The molecule has 6 nitrogen and oxygen atoms in total. The van der Waals surface area contributed by atoms with Crippen LogP contribution in [0.4, 0.5) is 0 Å². The van der Waals surface area contributed by atoms with Gasteiger partial charge in [0, 0.05) is 24.8 Å². The van der Waals surface area contributed by atoms with E-state index in [9.17, 15) is 13.2 Å². The Morgan fingerprint density at radius 1 is 1.25 bits per heavy atom. The van der Waals surface area contributed by atoms with Crippen molar-refractivity contribution in [3.8, 4) is 0 Å². The van der Waals surface area contributed by atoms with Gasteiger partial charge in [-0.25, -0.2) is 13.1 Å². The Morgan fingerprint density at radius 2 is 1.92 bits per heavy atom. The molecule has 2 rings (SSSR count). The van der Waals surface area contributed by atoms with E-state index in [2.05, 4.69) is 10.0 Å². The maximum Gasteiger partial charge on any atom is 0.251 e. The summed E-state index contributed by atoms with van der Waals surface area (Å²) >= 11 is 0. The molecule has 2 N–H and O–H groups in total. The molecule has 1 aromatic carbocycles. The zero-order valence-corrected chi connectivity index (χ0v) is 15.2. The van der Waals surface area contributed by atoms with E-state index in [1.807, 2.05) is 20.8 Å². The Bertz CT molecular complexity index is 650. The van der Waals surface area contributed by atoms with Gasteiger partial charge in [-0.15, -0.1) is 0 Å². The molecule has 1 fully saturated rings. The van der Waals surface area contributed by atoms with Crippen LogP contribution in [0.2, 0.25) is 0 Å². The predicted octanol–water partition coefficient (Wildman–Crippen LogP) is 1.92. The first kappa shape index (κ1) is 18.9. The van der Waals surface area contributed by atoms with Crippen molar-refractivity contribution in [2.45, 2.75) is 50.7 Å². The molecule has 1 aliphatic heterocycles.